The molecule has 258 valence electrons. The molecule has 10 heteroatoms. The molecule has 0 unspecified atom stereocenters. The molecule has 0 radical (unpaired) electrons. The standard InChI is InChI=1S/C39H44N2O8/c1-38-12-10-20-6-5-7-21(11-13-38)39(20,41-38)49-28-17-26(45-2)22-8-9-23-31-25(40-37(44)34(28)33(22)31)16-27-32(23)35(42)24(18-48-27)19-14-29(46-3)36(43)30(15-19)47-4/h10,12,14-17,20-21,24,35,37,40-44H,5-9,11,13,18H2,1-4H3/t20-,21+,24+,35+,37+,38-,39-/m1/s1. The van der Waals surface area contributed by atoms with Gasteiger partial charge in [-0.3, -0.25) is 5.32 Å². The highest BCUT2D eigenvalue weighted by molar-refractivity contribution is 5.93. The van der Waals surface area contributed by atoms with Crippen LogP contribution in [-0.4, -0.2) is 54.5 Å². The summed E-state index contributed by atoms with van der Waals surface area (Å²) in [6, 6.07) is 7.33. The molecule has 2 bridgehead atoms. The number of phenolic OH excluding ortho intramolecular Hbond substituents is 1. The number of fused-ring (bicyclic) bond motifs is 3. The zero-order valence-corrected chi connectivity index (χ0v) is 28.4. The van der Waals surface area contributed by atoms with Crippen LogP contribution in [0.4, 0.5) is 5.69 Å². The van der Waals surface area contributed by atoms with E-state index in [4.69, 9.17) is 23.7 Å². The van der Waals surface area contributed by atoms with E-state index in [1.165, 1.54) is 20.6 Å². The third kappa shape index (κ3) is 4.36. The Morgan fingerprint density at radius 1 is 0.857 bits per heavy atom. The lowest BCUT2D eigenvalue weighted by Gasteiger charge is -2.58. The van der Waals surface area contributed by atoms with Crippen molar-refractivity contribution >= 4 is 5.69 Å². The van der Waals surface area contributed by atoms with E-state index in [9.17, 15) is 15.3 Å². The van der Waals surface area contributed by atoms with Gasteiger partial charge in [-0.05, 0) is 68.7 Å². The first kappa shape index (κ1) is 30.9. The van der Waals surface area contributed by atoms with Gasteiger partial charge in [-0.15, -0.1) is 0 Å². The largest absolute Gasteiger partial charge is 0.502 e. The van der Waals surface area contributed by atoms with Gasteiger partial charge in [-0.25, -0.2) is 0 Å². The van der Waals surface area contributed by atoms with Gasteiger partial charge in [-0.2, -0.15) is 0 Å². The minimum absolute atomic E-state index is 0.0919. The topological polar surface area (TPSA) is 131 Å². The second kappa shape index (κ2) is 10.9. The number of piperidine rings is 1. The summed E-state index contributed by atoms with van der Waals surface area (Å²) in [6.07, 6.45) is 9.54. The van der Waals surface area contributed by atoms with Crippen LogP contribution in [0.15, 0.2) is 36.4 Å². The lowest BCUT2D eigenvalue weighted by Crippen LogP contribution is -2.72. The minimum atomic E-state index is -1.02. The van der Waals surface area contributed by atoms with Crippen molar-refractivity contribution in [2.45, 2.75) is 81.4 Å². The van der Waals surface area contributed by atoms with Crippen LogP contribution in [0.1, 0.15) is 85.1 Å². The number of aliphatic hydroxyl groups is 2. The van der Waals surface area contributed by atoms with Crippen LogP contribution >= 0.6 is 0 Å². The van der Waals surface area contributed by atoms with E-state index < -0.39 is 24.0 Å². The predicted octanol–water partition coefficient (Wildman–Crippen LogP) is 6.01. The van der Waals surface area contributed by atoms with Crippen molar-refractivity contribution in [2.24, 2.45) is 11.8 Å². The summed E-state index contributed by atoms with van der Waals surface area (Å²) >= 11 is 0. The summed E-state index contributed by atoms with van der Waals surface area (Å²) in [5, 5.41) is 41.9. The fraction of sp³-hybridized carbons (Fsp3) is 0.487. The summed E-state index contributed by atoms with van der Waals surface area (Å²) in [5.41, 5.74) is 6.06. The van der Waals surface area contributed by atoms with Gasteiger partial charge >= 0.3 is 0 Å². The summed E-state index contributed by atoms with van der Waals surface area (Å²) < 4.78 is 30.6. The van der Waals surface area contributed by atoms with E-state index in [-0.39, 0.29) is 35.3 Å². The quantitative estimate of drug-likeness (QED) is 0.199. The van der Waals surface area contributed by atoms with Crippen LogP contribution < -0.4 is 34.3 Å². The molecule has 7 atom stereocenters. The Kier molecular flexibility index (Phi) is 6.90. The smallest absolute Gasteiger partial charge is 0.200 e. The Morgan fingerprint density at radius 3 is 2.37 bits per heavy atom. The molecule has 10 nitrogen and oxygen atoms in total. The molecule has 4 aliphatic heterocycles. The van der Waals surface area contributed by atoms with Gasteiger partial charge in [0.25, 0.3) is 0 Å². The fourth-order valence-corrected chi connectivity index (χ4v) is 9.85. The molecule has 2 aliphatic carbocycles. The molecule has 5 N–H and O–H groups in total. The van der Waals surface area contributed by atoms with Crippen molar-refractivity contribution in [3.8, 4) is 45.6 Å². The molecular formula is C39H44N2O8. The molecule has 49 heavy (non-hydrogen) atoms. The Balaban J connectivity index is 1.19. The number of aliphatic hydroxyl groups excluding tert-OH is 2. The first-order valence-electron chi connectivity index (χ1n) is 17.5. The first-order valence-corrected chi connectivity index (χ1v) is 17.5. The number of ether oxygens (including phenoxy) is 5. The number of phenols is 1. The average Bonchev–Trinajstić information content (AvgIpc) is 3.10. The summed E-state index contributed by atoms with van der Waals surface area (Å²) in [6.45, 7) is 2.46. The molecule has 1 saturated carbocycles. The zero-order valence-electron chi connectivity index (χ0n) is 28.4. The van der Waals surface area contributed by atoms with Crippen molar-refractivity contribution in [2.75, 3.05) is 33.3 Å². The highest BCUT2D eigenvalue weighted by atomic mass is 16.5. The molecule has 0 spiro atoms. The van der Waals surface area contributed by atoms with E-state index in [2.05, 4.69) is 29.7 Å². The van der Waals surface area contributed by atoms with Crippen LogP contribution in [0.25, 0.3) is 11.1 Å². The Labute approximate surface area is 286 Å². The molecule has 3 aromatic carbocycles. The number of benzene rings is 3. The summed E-state index contributed by atoms with van der Waals surface area (Å²) in [4.78, 5) is 0. The van der Waals surface area contributed by atoms with Crippen molar-refractivity contribution < 1.29 is 39.0 Å². The summed E-state index contributed by atoms with van der Waals surface area (Å²) in [7, 11) is 4.66. The summed E-state index contributed by atoms with van der Waals surface area (Å²) in [5.74, 6) is 2.51. The highest BCUT2D eigenvalue weighted by Gasteiger charge is 2.57. The third-order valence-electron chi connectivity index (χ3n) is 12.2. The second-order valence-electron chi connectivity index (χ2n) is 14.8. The number of hydrogen-bond donors (Lipinski definition) is 5. The minimum Gasteiger partial charge on any atom is -0.502 e. The number of aromatic hydroxyl groups is 1. The molecule has 6 aliphatic rings. The first-order chi connectivity index (χ1) is 23.7. The maximum absolute atomic E-state index is 12.1. The normalized spacial score (nSPS) is 31.4. The lowest BCUT2D eigenvalue weighted by molar-refractivity contribution is -0.129. The number of anilines is 1. The average molecular weight is 669 g/mol. The number of methoxy groups -OCH3 is 3. The van der Waals surface area contributed by atoms with Crippen LogP contribution in [0.5, 0.6) is 34.5 Å². The van der Waals surface area contributed by atoms with Gasteiger partial charge in [0, 0.05) is 63.4 Å². The van der Waals surface area contributed by atoms with Gasteiger partial charge in [0.2, 0.25) is 5.75 Å². The van der Waals surface area contributed by atoms with E-state index in [1.54, 1.807) is 19.2 Å². The predicted molar refractivity (Wildman–Crippen MR) is 183 cm³/mol. The Bertz CT molecular complexity index is 1880. The third-order valence-corrected chi connectivity index (χ3v) is 12.2. The monoisotopic (exact) mass is 668 g/mol. The van der Waals surface area contributed by atoms with Crippen LogP contribution in [0, 0.1) is 11.8 Å². The van der Waals surface area contributed by atoms with Gasteiger partial charge in [0.15, 0.2) is 23.5 Å². The van der Waals surface area contributed by atoms with E-state index in [0.29, 0.717) is 35.8 Å². The second-order valence-corrected chi connectivity index (χ2v) is 14.8. The zero-order chi connectivity index (χ0) is 33.8. The molecule has 3 aromatic rings. The number of hydrogen-bond acceptors (Lipinski definition) is 10. The maximum atomic E-state index is 12.1. The SMILES string of the molecule is COc1cc([C@@H]2COc3cc4c5c(c3[C@H]2O)CCc2c(OC)cc(O[C@]36N[C@]7(C)C=C[C@H]3CCC[C@H]6CC7)c(c2-5)[C@H](O)N4)cc(OC)c1O. The van der Waals surface area contributed by atoms with E-state index >= 15 is 0 Å². The van der Waals surface area contributed by atoms with Crippen LogP contribution in [0.3, 0.4) is 0 Å². The van der Waals surface area contributed by atoms with Crippen molar-refractivity contribution in [1.82, 2.24) is 5.32 Å². The fourth-order valence-electron chi connectivity index (χ4n) is 9.85. The molecule has 0 aromatic heterocycles. The molecule has 0 amide bonds. The Hall–Kier alpha value is -4.12. The van der Waals surface area contributed by atoms with Gasteiger partial charge in [0.05, 0.1) is 39.6 Å². The van der Waals surface area contributed by atoms with Gasteiger partial charge in [-0.1, -0.05) is 18.6 Å². The Morgan fingerprint density at radius 2 is 1.61 bits per heavy atom. The van der Waals surface area contributed by atoms with Gasteiger partial charge < -0.3 is 44.3 Å². The van der Waals surface area contributed by atoms with Crippen LogP contribution in [-0.2, 0) is 12.8 Å². The highest BCUT2D eigenvalue weighted by Crippen LogP contribution is 2.59. The number of rotatable bonds is 6. The van der Waals surface area contributed by atoms with Crippen molar-refractivity contribution in [3.63, 3.8) is 0 Å². The molecule has 4 heterocycles. The molecule has 9 rings (SSSR count). The van der Waals surface area contributed by atoms with Crippen molar-refractivity contribution in [3.05, 3.63) is 64.2 Å². The molecule has 2 fully saturated rings. The van der Waals surface area contributed by atoms with E-state index in [1.807, 2.05) is 12.1 Å². The molecular weight excluding hydrogens is 624 g/mol. The van der Waals surface area contributed by atoms with Crippen LogP contribution in [0.2, 0.25) is 0 Å². The van der Waals surface area contributed by atoms with Crippen molar-refractivity contribution in [1.29, 1.82) is 0 Å². The van der Waals surface area contributed by atoms with Gasteiger partial charge in [0.1, 0.15) is 17.2 Å². The lowest BCUT2D eigenvalue weighted by atomic mass is 9.63. The van der Waals surface area contributed by atoms with E-state index in [0.717, 1.165) is 70.5 Å². The maximum Gasteiger partial charge on any atom is 0.200 e. The molecule has 1 saturated heterocycles. The number of nitrogens with one attached hydrogen (secondary N) is 2.